The van der Waals surface area contributed by atoms with Crippen molar-refractivity contribution in [1.29, 1.82) is 1.34 Å². The highest BCUT2D eigenvalue weighted by Crippen LogP contribution is 2.27. The second-order valence-electron chi connectivity index (χ2n) is 8.72. The van der Waals surface area contributed by atoms with Gasteiger partial charge in [-0.25, -0.2) is 15.0 Å². The molecule has 201 valence electrons. The number of nitrogens with one attached hydrogen (secondary N) is 1. The number of hydrogen-bond acceptors (Lipinski definition) is 11. The highest BCUT2D eigenvalue weighted by Gasteiger charge is 2.21. The minimum absolute atomic E-state index is 0.547. The number of aliphatic imine (C=N–C) groups is 2. The molecule has 7 heterocycles. The quantitative estimate of drug-likeness (QED) is 0.129. The Morgan fingerprint density at radius 3 is 2.25 bits per heavy atom. The van der Waals surface area contributed by atoms with E-state index in [1.807, 2.05) is 84.9 Å². The van der Waals surface area contributed by atoms with Gasteiger partial charge in [0.15, 0.2) is 40.3 Å². The summed E-state index contributed by atoms with van der Waals surface area (Å²) in [6.45, 7) is 8.69. The Morgan fingerprint density at radius 1 is 0.950 bits per heavy atom. The maximum atomic E-state index is 6.07. The Hall–Kier alpha value is -4.21. The van der Waals surface area contributed by atoms with E-state index in [1.165, 1.54) is 5.67 Å². The number of hydrogen-bond donors (Lipinski definition) is 1. The van der Waals surface area contributed by atoms with E-state index in [9.17, 15) is 0 Å². The average molecular weight is 648 g/mol. The molecule has 7 rings (SSSR count). The van der Waals surface area contributed by atoms with Crippen molar-refractivity contribution >= 4 is 58.1 Å². The molecule has 2 aliphatic rings. The number of fused-ring (bicyclic) bond motifs is 4. The predicted octanol–water partition coefficient (Wildman–Crippen LogP) is 4.57. The van der Waals surface area contributed by atoms with E-state index < -0.39 is 0 Å². The van der Waals surface area contributed by atoms with Crippen molar-refractivity contribution in [2.45, 2.75) is 40.8 Å². The predicted molar refractivity (Wildman–Crippen MR) is 164 cm³/mol. The summed E-state index contributed by atoms with van der Waals surface area (Å²) in [5.74, 6) is 5.77. The zero-order valence-electron chi connectivity index (χ0n) is 23.3. The summed E-state index contributed by atoms with van der Waals surface area (Å²) >= 11 is 1.83. The Balaban J connectivity index is 0.000000151. The van der Waals surface area contributed by atoms with Crippen molar-refractivity contribution < 1.29 is 8.83 Å². The third-order valence-corrected chi connectivity index (χ3v) is 6.00. The Labute approximate surface area is 245 Å². The lowest BCUT2D eigenvalue weighted by atomic mass is 10.2. The van der Waals surface area contributed by atoms with E-state index >= 15 is 0 Å². The standard InChI is InChI=1S/C13H11N5O.C13H13N5O.BHI/c1-7-3-4-11(19-7)13-15-10-6-14-5-9(10)12-17-16-8(2)18(12)13;1-3-15-18-12-9-6-14-7-10(9)16-13(17-12)11-5-4-8(2)19-11;1-2/h3-5H,6H2,1-2H3;3-6H,7H2,1-2H3,(H,16,17,18);1H/b;15-3+;/i;;1D. The molecule has 2 aliphatic heterocycles. The molecular weight excluding hydrogens is 622 g/mol. The van der Waals surface area contributed by atoms with Gasteiger partial charge in [0.05, 0.1) is 35.6 Å². The summed E-state index contributed by atoms with van der Waals surface area (Å²) in [5.41, 5.74) is 8.54. The topological polar surface area (TPSA) is 144 Å². The first-order valence-corrected chi connectivity index (χ1v) is 13.5. The first kappa shape index (κ1) is 26.0. The number of furan rings is 2. The van der Waals surface area contributed by atoms with Crippen LogP contribution in [0.3, 0.4) is 0 Å². The van der Waals surface area contributed by atoms with Gasteiger partial charge < -0.3 is 8.83 Å². The van der Waals surface area contributed by atoms with E-state index in [1.54, 1.807) is 12.4 Å². The van der Waals surface area contributed by atoms with Gasteiger partial charge in [0.1, 0.15) is 17.3 Å². The highest BCUT2D eigenvalue weighted by molar-refractivity contribution is 14.1. The summed E-state index contributed by atoms with van der Waals surface area (Å²) in [4.78, 5) is 22.1. The largest absolute Gasteiger partial charge is 0.458 e. The van der Waals surface area contributed by atoms with Gasteiger partial charge in [0.2, 0.25) is 0 Å². The van der Waals surface area contributed by atoms with Crippen molar-refractivity contribution in [1.82, 2.24) is 29.5 Å². The van der Waals surface area contributed by atoms with Gasteiger partial charge in [-0.05, 0) is 53.3 Å². The van der Waals surface area contributed by atoms with Crippen LogP contribution in [0.4, 0.5) is 5.82 Å². The van der Waals surface area contributed by atoms with Crippen LogP contribution in [0.2, 0.25) is 0 Å². The summed E-state index contributed by atoms with van der Waals surface area (Å²) < 4.78 is 19.2. The third kappa shape index (κ3) is 5.30. The molecule has 0 aliphatic carbocycles. The highest BCUT2D eigenvalue weighted by atomic mass is 127. The van der Waals surface area contributed by atoms with E-state index in [-0.39, 0.29) is 0 Å². The number of nitrogens with zero attached hydrogens (tertiary/aromatic N) is 9. The van der Waals surface area contributed by atoms with Crippen LogP contribution < -0.4 is 5.43 Å². The summed E-state index contributed by atoms with van der Waals surface area (Å²) in [7, 11) is 0. The Kier molecular flexibility index (Phi) is 7.74. The van der Waals surface area contributed by atoms with E-state index in [4.69, 9.17) is 10.2 Å². The lowest BCUT2D eigenvalue weighted by Gasteiger charge is -2.06. The summed E-state index contributed by atoms with van der Waals surface area (Å²) in [6, 6.07) is 7.59. The van der Waals surface area contributed by atoms with Gasteiger partial charge >= 0.3 is 0 Å². The number of halogens is 1. The number of rotatable bonds is 4. The fourth-order valence-electron chi connectivity index (χ4n) is 4.22. The maximum absolute atomic E-state index is 6.07. The molecule has 0 spiro atoms. The van der Waals surface area contributed by atoms with Gasteiger partial charge in [0.25, 0.3) is 0 Å². The third-order valence-electron chi connectivity index (χ3n) is 6.00. The zero-order chi connectivity index (χ0) is 28.9. The van der Waals surface area contributed by atoms with Gasteiger partial charge in [-0.15, -0.1) is 10.2 Å². The second kappa shape index (κ2) is 11.9. The number of anilines is 1. The van der Waals surface area contributed by atoms with Crippen molar-refractivity contribution in [3.8, 4) is 23.2 Å². The van der Waals surface area contributed by atoms with E-state index in [0.29, 0.717) is 30.5 Å². The molecule has 1 N–H and O–H groups in total. The van der Waals surface area contributed by atoms with Crippen molar-refractivity contribution in [3.63, 3.8) is 0 Å². The molecule has 0 amide bonds. The van der Waals surface area contributed by atoms with Gasteiger partial charge in [-0.1, -0.05) is 0 Å². The molecule has 0 unspecified atom stereocenters. The van der Waals surface area contributed by atoms with Crippen LogP contribution in [0.15, 0.2) is 48.2 Å². The van der Waals surface area contributed by atoms with Crippen molar-refractivity contribution in [3.05, 3.63) is 64.1 Å². The van der Waals surface area contributed by atoms with Crippen LogP contribution >= 0.6 is 22.4 Å². The van der Waals surface area contributed by atoms with Gasteiger partial charge in [-0.2, -0.15) is 27.5 Å². The lowest BCUT2D eigenvalue weighted by Crippen LogP contribution is -2.03. The van der Waals surface area contributed by atoms with E-state index in [2.05, 4.69) is 45.7 Å². The van der Waals surface area contributed by atoms with E-state index in [0.717, 1.165) is 57.1 Å². The molecule has 0 aromatic carbocycles. The Morgan fingerprint density at radius 2 is 1.60 bits per heavy atom. The molecule has 1 radical (unpaired) electrons. The molecule has 0 fully saturated rings. The monoisotopic (exact) mass is 648 g/mol. The molecule has 0 saturated heterocycles. The Bertz CT molecular complexity index is 1790. The van der Waals surface area contributed by atoms with Crippen LogP contribution in [0.5, 0.6) is 0 Å². The first-order valence-electron chi connectivity index (χ1n) is 12.8. The molecule has 12 nitrogen and oxygen atoms in total. The van der Waals surface area contributed by atoms with Crippen LogP contribution in [0, 0.1) is 20.8 Å². The normalized spacial score (nSPS) is 13.0. The minimum Gasteiger partial charge on any atom is -0.458 e. The first-order chi connectivity index (χ1) is 19.9. The molecule has 0 saturated carbocycles. The van der Waals surface area contributed by atoms with Crippen LogP contribution in [0.1, 0.15) is 46.8 Å². The molecule has 0 atom stereocenters. The number of aromatic nitrogens is 6. The fourth-order valence-corrected chi connectivity index (χ4v) is 4.22. The second-order valence-corrected chi connectivity index (χ2v) is 8.72. The minimum atomic E-state index is 0.547. The summed E-state index contributed by atoms with van der Waals surface area (Å²) in [6.07, 6.45) is 5.24. The molecule has 14 heteroatoms. The SMILES string of the molecule is C/C=N/Nc1nc(-c2ccc(C)o2)nc2c1C=NC2.Cc1ccc(-c2nc3c(c4nnc(C)n24)C=NC3)o1.[2H][B]I. The molecule has 0 bridgehead atoms. The summed E-state index contributed by atoms with van der Waals surface area (Å²) in [5, 5.41) is 12.4. The zero-order valence-corrected chi connectivity index (χ0v) is 24.4. The fraction of sp³-hybridized carbons (Fsp3) is 0.231. The smallest absolute Gasteiger partial charge is 0.198 e. The maximum Gasteiger partial charge on any atom is 0.198 e. The average Bonchev–Trinajstić information content (AvgIpc) is 3.78. The molecule has 5 aromatic rings. The van der Waals surface area contributed by atoms with Gasteiger partial charge in [0, 0.05) is 18.6 Å². The van der Waals surface area contributed by atoms with Crippen LogP contribution in [0.25, 0.3) is 28.8 Å². The number of aryl methyl sites for hydroxylation is 3. The van der Waals surface area contributed by atoms with Crippen LogP contribution in [-0.2, 0) is 13.1 Å². The molecule has 40 heavy (non-hydrogen) atoms. The molecular formula is C26H25BIN10O2. The van der Waals surface area contributed by atoms with Crippen molar-refractivity contribution in [2.75, 3.05) is 5.43 Å². The van der Waals surface area contributed by atoms with Crippen LogP contribution in [-0.4, -0.2) is 55.2 Å². The van der Waals surface area contributed by atoms with Crippen molar-refractivity contribution in [2.24, 2.45) is 15.1 Å². The molecule has 5 aromatic heterocycles. The van der Waals surface area contributed by atoms with Gasteiger partial charge in [-0.3, -0.25) is 19.8 Å². The lowest BCUT2D eigenvalue weighted by molar-refractivity contribution is 0.542. The number of hydrazone groups is 1.